The molecule has 0 unspecified atom stereocenters. The van der Waals surface area contributed by atoms with Crippen molar-refractivity contribution in [2.45, 2.75) is 12.4 Å². The molecule has 0 radical (unpaired) electrons. The van der Waals surface area contributed by atoms with Crippen LogP contribution >= 0.6 is 0 Å². The Bertz CT molecular complexity index is 923. The van der Waals surface area contributed by atoms with E-state index in [0.29, 0.717) is 12.1 Å². The molecule has 0 spiro atoms. The third-order valence-corrected chi connectivity index (χ3v) is 3.57. The molecule has 1 aliphatic rings. The van der Waals surface area contributed by atoms with Crippen molar-refractivity contribution in [3.05, 3.63) is 47.0 Å². The molecule has 2 amide bonds. The Labute approximate surface area is 152 Å². The lowest BCUT2D eigenvalue weighted by molar-refractivity contribution is -0.143. The van der Waals surface area contributed by atoms with Crippen LogP contribution in [0.5, 0.6) is 5.75 Å². The van der Waals surface area contributed by atoms with Crippen LogP contribution in [0.3, 0.4) is 0 Å². The van der Waals surface area contributed by atoms with Gasteiger partial charge in [-0.25, -0.2) is 4.98 Å². The summed E-state index contributed by atoms with van der Waals surface area (Å²) in [7, 11) is 0. The van der Waals surface area contributed by atoms with Crippen LogP contribution in [0, 0.1) is 0 Å². The van der Waals surface area contributed by atoms with Gasteiger partial charge in [0.1, 0.15) is 5.82 Å². The monoisotopic (exact) mass is 405 g/mol. The Morgan fingerprint density at radius 2 is 1.64 bits per heavy atom. The van der Waals surface area contributed by atoms with Crippen LogP contribution in [0.2, 0.25) is 0 Å². The summed E-state index contributed by atoms with van der Waals surface area (Å²) in [5.41, 5.74) is -4.10. The average molecular weight is 405 g/mol. The Hall–Kier alpha value is -3.31. The second-order valence-corrected chi connectivity index (χ2v) is 5.63. The Morgan fingerprint density at radius 1 is 1.04 bits per heavy atom. The van der Waals surface area contributed by atoms with Gasteiger partial charge in [0.05, 0.1) is 11.1 Å². The average Bonchev–Trinajstić information content (AvgIpc) is 2.59. The topological polar surface area (TPSA) is 80.3 Å². The zero-order valence-corrected chi connectivity index (χ0v) is 13.5. The van der Waals surface area contributed by atoms with E-state index >= 15 is 0 Å². The molecule has 2 N–H and O–H groups in total. The number of fused-ring (bicyclic) bond motifs is 1. The molecule has 0 fully saturated rings. The molecule has 1 aliphatic heterocycles. The number of rotatable bonds is 2. The highest BCUT2D eigenvalue weighted by atomic mass is 19.4. The lowest BCUT2D eigenvalue weighted by Crippen LogP contribution is -2.26. The zero-order valence-electron chi connectivity index (χ0n) is 13.5. The van der Waals surface area contributed by atoms with Crippen LogP contribution in [0.25, 0.3) is 0 Å². The number of nitrogens with zero attached hydrogens (tertiary/aromatic N) is 1. The van der Waals surface area contributed by atoms with Crippen molar-refractivity contribution < 1.29 is 40.7 Å². The van der Waals surface area contributed by atoms with Crippen molar-refractivity contribution >= 4 is 23.5 Å². The number of carbonyl (C=O) groups is 2. The first-order valence-electron chi connectivity index (χ1n) is 7.48. The molecule has 0 aliphatic carbocycles. The molecule has 28 heavy (non-hydrogen) atoms. The summed E-state index contributed by atoms with van der Waals surface area (Å²) in [5, 5.41) is 4.44. The standard InChI is InChI=1S/C16H9F6N3O3/c17-15(18,19)8-3-7(4-9(5-8)16(20,21)22)14(27)24-11-2-1-10-13(23-11)25-12(26)6-28-10/h1-5H,6H2,(H2,23,24,25,26,27). The van der Waals surface area contributed by atoms with E-state index in [1.807, 2.05) is 0 Å². The van der Waals surface area contributed by atoms with E-state index in [9.17, 15) is 35.9 Å². The van der Waals surface area contributed by atoms with Crippen molar-refractivity contribution in [3.63, 3.8) is 0 Å². The first-order valence-corrected chi connectivity index (χ1v) is 7.48. The van der Waals surface area contributed by atoms with Crippen molar-refractivity contribution in [2.24, 2.45) is 0 Å². The highest BCUT2D eigenvalue weighted by molar-refractivity contribution is 6.04. The number of ether oxygens (including phenoxy) is 1. The van der Waals surface area contributed by atoms with E-state index in [1.54, 1.807) is 0 Å². The number of nitrogens with one attached hydrogen (secondary N) is 2. The highest BCUT2D eigenvalue weighted by Crippen LogP contribution is 2.36. The number of carbonyl (C=O) groups excluding carboxylic acids is 2. The predicted molar refractivity (Wildman–Crippen MR) is 82.8 cm³/mol. The first-order chi connectivity index (χ1) is 12.9. The smallest absolute Gasteiger partial charge is 0.416 e. The molecule has 1 aromatic heterocycles. The maximum Gasteiger partial charge on any atom is 0.416 e. The molecule has 0 saturated heterocycles. The Kier molecular flexibility index (Phi) is 4.65. The van der Waals surface area contributed by atoms with Crippen molar-refractivity contribution in [1.82, 2.24) is 4.98 Å². The van der Waals surface area contributed by atoms with E-state index in [-0.39, 0.29) is 30.1 Å². The number of benzene rings is 1. The largest absolute Gasteiger partial charge is 0.480 e. The fourth-order valence-electron chi connectivity index (χ4n) is 2.31. The normalized spacial score (nSPS) is 14.0. The van der Waals surface area contributed by atoms with Crippen LogP contribution in [-0.2, 0) is 17.1 Å². The lowest BCUT2D eigenvalue weighted by Gasteiger charge is -2.17. The number of hydrogen-bond acceptors (Lipinski definition) is 4. The fourth-order valence-corrected chi connectivity index (χ4v) is 2.31. The van der Waals surface area contributed by atoms with Crippen molar-refractivity contribution in [3.8, 4) is 5.75 Å². The molecular formula is C16H9F6N3O3. The summed E-state index contributed by atoms with van der Waals surface area (Å²) in [5.74, 6) is -1.83. The fraction of sp³-hybridized carbons (Fsp3) is 0.188. The maximum absolute atomic E-state index is 12.9. The third kappa shape index (κ3) is 4.15. The zero-order chi connectivity index (χ0) is 20.7. The van der Waals surface area contributed by atoms with E-state index in [4.69, 9.17) is 4.74 Å². The van der Waals surface area contributed by atoms with E-state index in [0.717, 1.165) is 0 Å². The molecule has 148 valence electrons. The van der Waals surface area contributed by atoms with Gasteiger partial charge in [-0.1, -0.05) is 0 Å². The quantitative estimate of drug-likeness (QED) is 0.747. The van der Waals surface area contributed by atoms with Gasteiger partial charge in [0, 0.05) is 5.56 Å². The van der Waals surface area contributed by atoms with Gasteiger partial charge in [-0.2, -0.15) is 26.3 Å². The molecule has 1 aromatic carbocycles. The van der Waals surface area contributed by atoms with E-state index in [1.165, 1.54) is 12.1 Å². The third-order valence-electron chi connectivity index (χ3n) is 3.57. The predicted octanol–water partition coefficient (Wildman–Crippen LogP) is 3.70. The molecule has 3 rings (SSSR count). The van der Waals surface area contributed by atoms with Gasteiger partial charge in [0.2, 0.25) is 0 Å². The van der Waals surface area contributed by atoms with Crippen LogP contribution in [0.1, 0.15) is 21.5 Å². The Morgan fingerprint density at radius 3 is 2.21 bits per heavy atom. The summed E-state index contributed by atoms with van der Waals surface area (Å²) >= 11 is 0. The minimum Gasteiger partial charge on any atom is -0.480 e. The second kappa shape index (κ2) is 6.69. The number of alkyl halides is 6. The van der Waals surface area contributed by atoms with Gasteiger partial charge < -0.3 is 15.4 Å². The molecular weight excluding hydrogens is 396 g/mol. The SMILES string of the molecule is O=C1COc2ccc(NC(=O)c3cc(C(F)(F)F)cc(C(F)(F)F)c3)nc2N1. The summed E-state index contributed by atoms with van der Waals surface area (Å²) in [6.07, 6.45) is -10.2. The van der Waals surface area contributed by atoms with E-state index < -0.39 is 40.9 Å². The van der Waals surface area contributed by atoms with Crippen molar-refractivity contribution in [2.75, 3.05) is 17.2 Å². The van der Waals surface area contributed by atoms with Crippen LogP contribution in [0.15, 0.2) is 30.3 Å². The number of pyridine rings is 1. The Balaban J connectivity index is 1.92. The van der Waals surface area contributed by atoms with Gasteiger partial charge >= 0.3 is 12.4 Å². The summed E-state index contributed by atoms with van der Waals surface area (Å²) < 4.78 is 82.4. The van der Waals surface area contributed by atoms with Crippen LogP contribution in [0.4, 0.5) is 38.0 Å². The maximum atomic E-state index is 12.9. The molecule has 6 nitrogen and oxygen atoms in total. The minimum absolute atomic E-state index is 0.0472. The first kappa shape index (κ1) is 19.5. The molecule has 0 bridgehead atoms. The van der Waals surface area contributed by atoms with Gasteiger partial charge in [0.25, 0.3) is 11.8 Å². The lowest BCUT2D eigenvalue weighted by atomic mass is 10.0. The summed E-state index contributed by atoms with van der Waals surface area (Å²) in [6.45, 7) is -0.245. The van der Waals surface area contributed by atoms with Crippen LogP contribution in [-0.4, -0.2) is 23.4 Å². The molecule has 0 saturated carbocycles. The number of halogens is 6. The summed E-state index contributed by atoms with van der Waals surface area (Å²) in [6, 6.07) is 3.06. The molecule has 2 heterocycles. The van der Waals surface area contributed by atoms with Gasteiger partial charge in [0.15, 0.2) is 18.2 Å². The van der Waals surface area contributed by atoms with E-state index in [2.05, 4.69) is 15.6 Å². The van der Waals surface area contributed by atoms with Crippen molar-refractivity contribution in [1.29, 1.82) is 0 Å². The van der Waals surface area contributed by atoms with Crippen LogP contribution < -0.4 is 15.4 Å². The number of aromatic nitrogens is 1. The molecule has 0 atom stereocenters. The number of amides is 2. The summed E-state index contributed by atoms with van der Waals surface area (Å²) in [4.78, 5) is 27.3. The molecule has 2 aromatic rings. The highest BCUT2D eigenvalue weighted by Gasteiger charge is 2.37. The second-order valence-electron chi connectivity index (χ2n) is 5.63. The number of hydrogen-bond donors (Lipinski definition) is 2. The van der Waals surface area contributed by atoms with Gasteiger partial charge in [-0.3, -0.25) is 9.59 Å². The number of anilines is 2. The van der Waals surface area contributed by atoms with Gasteiger partial charge in [-0.05, 0) is 30.3 Å². The van der Waals surface area contributed by atoms with Gasteiger partial charge in [-0.15, -0.1) is 0 Å². The molecule has 12 heteroatoms. The minimum atomic E-state index is -5.08.